The van der Waals surface area contributed by atoms with Crippen LogP contribution in [0, 0.1) is 0 Å². The number of carbonyl (C=O) groups excluding carboxylic acids is 1. The highest BCUT2D eigenvalue weighted by atomic mass is 35.7. The normalized spacial score (nSPS) is 9.22. The van der Waals surface area contributed by atoms with Crippen LogP contribution in [0.4, 0.5) is 0 Å². The Morgan fingerprint density at radius 2 is 1.56 bits per heavy atom. The van der Waals surface area contributed by atoms with E-state index in [1.807, 2.05) is 0 Å². The number of primary amides is 1. The topological polar surface area (TPSA) is 77.2 Å². The highest BCUT2D eigenvalue weighted by molar-refractivity contribution is 8.13. The van der Waals surface area contributed by atoms with E-state index in [0.717, 1.165) is 6.26 Å². The van der Waals surface area contributed by atoms with Crippen molar-refractivity contribution in [3.8, 4) is 0 Å². The van der Waals surface area contributed by atoms with Crippen LogP contribution in [0.1, 0.15) is 6.92 Å². The molecular formula is C3H8ClNO3S. The van der Waals surface area contributed by atoms with E-state index < -0.39 is 9.05 Å². The van der Waals surface area contributed by atoms with Crippen molar-refractivity contribution in [1.82, 2.24) is 0 Å². The second kappa shape index (κ2) is 4.58. The quantitative estimate of drug-likeness (QED) is 0.510. The molecule has 0 atom stereocenters. The van der Waals surface area contributed by atoms with Crippen LogP contribution in [0.2, 0.25) is 0 Å². The Labute approximate surface area is 58.4 Å². The first kappa shape index (κ1) is 11.5. The largest absolute Gasteiger partial charge is 0.370 e. The van der Waals surface area contributed by atoms with E-state index in [4.69, 9.17) is 0 Å². The summed E-state index contributed by atoms with van der Waals surface area (Å²) in [5.41, 5.74) is 4.47. The zero-order valence-corrected chi connectivity index (χ0v) is 6.66. The van der Waals surface area contributed by atoms with Gasteiger partial charge in [-0.1, -0.05) is 0 Å². The molecule has 9 heavy (non-hydrogen) atoms. The van der Waals surface area contributed by atoms with Gasteiger partial charge in [0.25, 0.3) is 0 Å². The van der Waals surface area contributed by atoms with Crippen molar-refractivity contribution in [3.05, 3.63) is 0 Å². The molecule has 0 aromatic rings. The zero-order chi connectivity index (χ0) is 8.08. The lowest BCUT2D eigenvalue weighted by Gasteiger charge is -1.65. The SMILES string of the molecule is CC(N)=O.CS(=O)(=O)Cl. The molecule has 0 heterocycles. The van der Waals surface area contributed by atoms with Crippen molar-refractivity contribution in [2.24, 2.45) is 5.73 Å². The number of carbonyl (C=O) groups is 1. The van der Waals surface area contributed by atoms with E-state index in [0.29, 0.717) is 0 Å². The molecule has 0 rings (SSSR count). The summed E-state index contributed by atoms with van der Waals surface area (Å²) in [4.78, 5) is 9.22. The number of halogens is 1. The number of hydrogen-bond donors (Lipinski definition) is 1. The molecule has 0 unspecified atom stereocenters. The van der Waals surface area contributed by atoms with E-state index in [9.17, 15) is 13.2 Å². The first-order valence-electron chi connectivity index (χ1n) is 1.89. The van der Waals surface area contributed by atoms with Gasteiger partial charge in [-0.05, 0) is 0 Å². The van der Waals surface area contributed by atoms with Gasteiger partial charge in [-0.3, -0.25) is 4.79 Å². The summed E-state index contributed by atoms with van der Waals surface area (Å²) in [6, 6.07) is 0. The summed E-state index contributed by atoms with van der Waals surface area (Å²) in [6.07, 6.45) is 0.925. The van der Waals surface area contributed by atoms with E-state index in [2.05, 4.69) is 16.4 Å². The molecular weight excluding hydrogens is 166 g/mol. The van der Waals surface area contributed by atoms with Gasteiger partial charge in [-0.2, -0.15) is 0 Å². The van der Waals surface area contributed by atoms with E-state index in [-0.39, 0.29) is 5.91 Å². The van der Waals surface area contributed by atoms with Crippen molar-refractivity contribution in [2.45, 2.75) is 6.92 Å². The van der Waals surface area contributed by atoms with Crippen molar-refractivity contribution < 1.29 is 13.2 Å². The highest BCUT2D eigenvalue weighted by Crippen LogP contribution is 1.83. The summed E-state index contributed by atoms with van der Waals surface area (Å²) >= 11 is 0. The molecule has 0 bridgehead atoms. The van der Waals surface area contributed by atoms with Gasteiger partial charge in [0.15, 0.2) is 0 Å². The molecule has 0 fully saturated rings. The van der Waals surface area contributed by atoms with Crippen LogP contribution in [-0.4, -0.2) is 20.6 Å². The van der Waals surface area contributed by atoms with Crippen molar-refractivity contribution in [1.29, 1.82) is 0 Å². The standard InChI is InChI=1S/C2H5NO.CH3ClO2S/c1-2(3)4;1-5(2,3)4/h1H3,(H2,3,4);1H3. The lowest BCUT2D eigenvalue weighted by Crippen LogP contribution is -2.01. The third kappa shape index (κ3) is 2990. The summed E-state index contributed by atoms with van der Waals surface area (Å²) < 4.78 is 18.8. The van der Waals surface area contributed by atoms with Crippen molar-refractivity contribution in [2.75, 3.05) is 6.26 Å². The Kier molecular flexibility index (Phi) is 5.85. The minimum absolute atomic E-state index is 0.333. The van der Waals surface area contributed by atoms with Crippen molar-refractivity contribution in [3.63, 3.8) is 0 Å². The molecule has 0 radical (unpaired) electrons. The van der Waals surface area contributed by atoms with E-state index in [1.165, 1.54) is 6.92 Å². The van der Waals surface area contributed by atoms with Crippen LogP contribution in [0.3, 0.4) is 0 Å². The molecule has 0 saturated carbocycles. The number of rotatable bonds is 0. The fourth-order valence-corrected chi connectivity index (χ4v) is 0. The first-order valence-corrected chi connectivity index (χ1v) is 4.61. The monoisotopic (exact) mass is 173 g/mol. The van der Waals surface area contributed by atoms with Gasteiger partial charge in [-0.15, -0.1) is 0 Å². The average molecular weight is 174 g/mol. The van der Waals surface area contributed by atoms with Crippen LogP contribution in [0.15, 0.2) is 0 Å². The number of amides is 1. The van der Waals surface area contributed by atoms with Crippen LogP contribution >= 0.6 is 10.7 Å². The molecule has 2 N–H and O–H groups in total. The third-order valence-corrected chi connectivity index (χ3v) is 0. The van der Waals surface area contributed by atoms with Gasteiger partial charge >= 0.3 is 0 Å². The van der Waals surface area contributed by atoms with E-state index in [1.54, 1.807) is 0 Å². The Morgan fingerprint density at radius 1 is 1.56 bits per heavy atom. The number of nitrogens with two attached hydrogens (primary N) is 1. The van der Waals surface area contributed by atoms with Gasteiger partial charge in [0, 0.05) is 17.6 Å². The van der Waals surface area contributed by atoms with Gasteiger partial charge in [0.05, 0.1) is 6.26 Å². The molecule has 0 aliphatic rings. The van der Waals surface area contributed by atoms with Gasteiger partial charge in [0.1, 0.15) is 0 Å². The van der Waals surface area contributed by atoms with Crippen LogP contribution in [-0.2, 0) is 13.8 Å². The van der Waals surface area contributed by atoms with E-state index >= 15 is 0 Å². The molecule has 0 aliphatic carbocycles. The van der Waals surface area contributed by atoms with Crippen LogP contribution in [0.25, 0.3) is 0 Å². The second-order valence-corrected chi connectivity index (χ2v) is 4.34. The Morgan fingerprint density at radius 3 is 1.56 bits per heavy atom. The van der Waals surface area contributed by atoms with Gasteiger partial charge in [-0.25, -0.2) is 8.42 Å². The molecule has 0 aromatic heterocycles. The molecule has 0 spiro atoms. The molecule has 6 heteroatoms. The second-order valence-electron chi connectivity index (χ2n) is 1.29. The highest BCUT2D eigenvalue weighted by Gasteiger charge is 1.83. The van der Waals surface area contributed by atoms with Crippen LogP contribution < -0.4 is 5.73 Å². The van der Waals surface area contributed by atoms with Crippen LogP contribution in [0.5, 0.6) is 0 Å². The Balaban J connectivity index is 0. The summed E-state index contributed by atoms with van der Waals surface area (Å²) in [5.74, 6) is -0.333. The van der Waals surface area contributed by atoms with Crippen molar-refractivity contribution >= 4 is 25.6 Å². The molecule has 0 saturated heterocycles. The fourth-order valence-electron chi connectivity index (χ4n) is 0. The molecule has 4 nitrogen and oxygen atoms in total. The molecule has 56 valence electrons. The maximum atomic E-state index is 9.40. The predicted octanol–water partition coefficient (Wildman–Crippen LogP) is -0.324. The summed E-state index contributed by atoms with van der Waals surface area (Å²) in [6.45, 7) is 1.31. The Bertz CT molecular complexity index is 161. The third-order valence-electron chi connectivity index (χ3n) is 0. The van der Waals surface area contributed by atoms with Gasteiger partial charge in [0.2, 0.25) is 15.0 Å². The maximum Gasteiger partial charge on any atom is 0.229 e. The summed E-state index contributed by atoms with van der Waals surface area (Å²) in [5, 5.41) is 0. The fraction of sp³-hybridized carbons (Fsp3) is 0.667. The summed E-state index contributed by atoms with van der Waals surface area (Å²) in [7, 11) is 1.31. The molecule has 1 amide bonds. The average Bonchev–Trinajstić information content (AvgIpc) is 1.19. The smallest absolute Gasteiger partial charge is 0.229 e. The lowest BCUT2D eigenvalue weighted by atomic mass is 10.8. The first-order chi connectivity index (χ1) is 3.73. The maximum absolute atomic E-state index is 9.40. The number of hydrogen-bond acceptors (Lipinski definition) is 3. The molecule has 0 aliphatic heterocycles. The Hall–Kier alpha value is -0.290. The zero-order valence-electron chi connectivity index (χ0n) is 5.09. The lowest BCUT2D eigenvalue weighted by molar-refractivity contribution is -0.115. The minimum atomic E-state index is -3.19. The predicted molar refractivity (Wildman–Crippen MR) is 35.6 cm³/mol. The molecule has 0 aromatic carbocycles. The minimum Gasteiger partial charge on any atom is -0.370 e. The van der Waals surface area contributed by atoms with Gasteiger partial charge < -0.3 is 5.73 Å².